The summed E-state index contributed by atoms with van der Waals surface area (Å²) in [7, 11) is -11.1. The Balaban J connectivity index is 1.39. The zero-order valence-corrected chi connectivity index (χ0v) is 21.1. The van der Waals surface area contributed by atoms with Crippen LogP contribution in [0.25, 0.3) is 11.2 Å². The molecule has 0 aliphatic carbocycles. The van der Waals surface area contributed by atoms with Gasteiger partial charge in [0.05, 0.1) is 19.5 Å². The molecule has 0 radical (unpaired) electrons. The SMILES string of the molecule is Nc1nc2c(ncn2[C@@H]2O[C@H](COP(=O)(O)OP(=O)(O)OC3O[C@@H](CO)[C@H](O)[C@@H](O)[C@H]3O)[C@@H](O)[C@H]2O)c(=O)[nH]1. The minimum atomic E-state index is -5.60. The first kappa shape index (κ1) is 30.1. The highest BCUT2D eigenvalue weighted by Gasteiger charge is 2.49. The van der Waals surface area contributed by atoms with Gasteiger partial charge in [-0.3, -0.25) is 23.4 Å². The van der Waals surface area contributed by atoms with Gasteiger partial charge in [-0.1, -0.05) is 0 Å². The van der Waals surface area contributed by atoms with Gasteiger partial charge in [0.2, 0.25) is 5.95 Å². The number of aromatic nitrogens is 4. The van der Waals surface area contributed by atoms with E-state index in [1.165, 1.54) is 0 Å². The molecule has 2 aliphatic heterocycles. The van der Waals surface area contributed by atoms with E-state index in [0.717, 1.165) is 10.9 Å². The summed E-state index contributed by atoms with van der Waals surface area (Å²) in [6.45, 7) is -1.89. The Labute approximate surface area is 216 Å². The van der Waals surface area contributed by atoms with Crippen LogP contribution in [-0.2, 0) is 32.0 Å². The molecular formula is C16H25N5O16P2. The number of nitrogens with two attached hydrogens (primary N) is 1. The molecule has 0 spiro atoms. The highest BCUT2D eigenvalue weighted by molar-refractivity contribution is 7.61. The molecule has 0 saturated carbocycles. The highest BCUT2D eigenvalue weighted by Crippen LogP contribution is 2.61. The Hall–Kier alpha value is -1.91. The molecular weight excluding hydrogens is 580 g/mol. The van der Waals surface area contributed by atoms with Gasteiger partial charge in [0.25, 0.3) is 5.56 Å². The number of imidazole rings is 1. The Morgan fingerprint density at radius 3 is 2.33 bits per heavy atom. The fraction of sp³-hybridized carbons (Fsp3) is 0.688. The van der Waals surface area contributed by atoms with Crippen molar-refractivity contribution in [1.29, 1.82) is 0 Å². The number of aliphatic hydroxyl groups excluding tert-OH is 6. The lowest BCUT2D eigenvalue weighted by molar-refractivity contribution is -0.280. The van der Waals surface area contributed by atoms with Gasteiger partial charge in [0, 0.05) is 0 Å². The van der Waals surface area contributed by atoms with Gasteiger partial charge in [-0.2, -0.15) is 9.29 Å². The molecule has 4 heterocycles. The second-order valence-corrected chi connectivity index (χ2v) is 11.4. The predicted molar refractivity (Wildman–Crippen MR) is 120 cm³/mol. The maximum atomic E-state index is 12.3. The van der Waals surface area contributed by atoms with Crippen molar-refractivity contribution in [2.75, 3.05) is 18.9 Å². The number of aromatic amines is 1. The number of aliphatic hydroxyl groups is 6. The number of hydrogen-bond donors (Lipinski definition) is 10. The van der Waals surface area contributed by atoms with Crippen LogP contribution in [0.2, 0.25) is 0 Å². The van der Waals surface area contributed by atoms with Crippen molar-refractivity contribution in [3.8, 4) is 0 Å². The minimum absolute atomic E-state index is 0.114. The number of ether oxygens (including phenoxy) is 2. The molecule has 39 heavy (non-hydrogen) atoms. The summed E-state index contributed by atoms with van der Waals surface area (Å²) in [6, 6.07) is 0. The Kier molecular flexibility index (Phi) is 8.60. The van der Waals surface area contributed by atoms with Crippen molar-refractivity contribution in [3.05, 3.63) is 16.7 Å². The smallest absolute Gasteiger partial charge is 0.394 e. The normalized spacial score (nSPS) is 36.6. The summed E-state index contributed by atoms with van der Waals surface area (Å²) < 4.78 is 49.1. The van der Waals surface area contributed by atoms with E-state index < -0.39 is 89.7 Å². The first-order valence-corrected chi connectivity index (χ1v) is 13.9. The van der Waals surface area contributed by atoms with Crippen LogP contribution < -0.4 is 11.3 Å². The molecule has 3 unspecified atom stereocenters. The average molecular weight is 605 g/mol. The maximum Gasteiger partial charge on any atom is 0.483 e. The van der Waals surface area contributed by atoms with Gasteiger partial charge < -0.3 is 55.6 Å². The van der Waals surface area contributed by atoms with Crippen molar-refractivity contribution in [2.45, 2.75) is 55.2 Å². The van der Waals surface area contributed by atoms with Gasteiger partial charge in [-0.15, -0.1) is 0 Å². The standard InChI is InChI=1S/C16H25N5O16P2/c17-16-19-12-6(13(28)20-16)18-3-21(12)14-10(26)8(24)5(34-14)2-33-38(29,30)37-39(31,32)36-15-11(27)9(25)7(23)4(1-22)35-15/h3-5,7-11,14-15,22-27H,1-2H2,(H,29,30)(H,31,32)(H3,17,19,20,28)/t4-,5+,7-,8+,9+,10+,11+,14+,15?/m0/s1. The zero-order chi connectivity index (χ0) is 28.9. The fourth-order valence-electron chi connectivity index (χ4n) is 3.85. The van der Waals surface area contributed by atoms with E-state index in [0.29, 0.717) is 0 Å². The molecule has 0 amide bonds. The van der Waals surface area contributed by atoms with Gasteiger partial charge in [0.1, 0.15) is 42.7 Å². The lowest BCUT2D eigenvalue weighted by Crippen LogP contribution is -2.58. The number of anilines is 1. The van der Waals surface area contributed by atoms with Crippen LogP contribution in [-0.4, -0.2) is 122 Å². The van der Waals surface area contributed by atoms with Gasteiger partial charge in [-0.05, 0) is 0 Å². The molecule has 11 atom stereocenters. The summed E-state index contributed by atoms with van der Waals surface area (Å²) in [4.78, 5) is 41.7. The van der Waals surface area contributed by atoms with Crippen molar-refractivity contribution in [1.82, 2.24) is 19.5 Å². The second kappa shape index (κ2) is 11.2. The van der Waals surface area contributed by atoms with E-state index in [9.17, 15) is 49.2 Å². The number of rotatable bonds is 9. The number of nitrogens with zero attached hydrogens (tertiary/aromatic N) is 3. The van der Waals surface area contributed by atoms with Crippen LogP contribution in [0.5, 0.6) is 0 Å². The number of phosphoric acid groups is 2. The zero-order valence-electron chi connectivity index (χ0n) is 19.3. The molecule has 2 saturated heterocycles. The number of nitrogen functional groups attached to an aromatic ring is 1. The van der Waals surface area contributed by atoms with Crippen LogP contribution in [0.1, 0.15) is 6.23 Å². The van der Waals surface area contributed by atoms with Gasteiger partial charge in [-0.25, -0.2) is 14.1 Å². The van der Waals surface area contributed by atoms with Crippen molar-refractivity contribution in [2.24, 2.45) is 0 Å². The Morgan fingerprint density at radius 2 is 1.67 bits per heavy atom. The summed E-state index contributed by atoms with van der Waals surface area (Å²) in [5, 5.41) is 59.2. The third kappa shape index (κ3) is 6.22. The number of phosphoric ester groups is 2. The van der Waals surface area contributed by atoms with Crippen LogP contribution >= 0.6 is 15.6 Å². The van der Waals surface area contributed by atoms with E-state index >= 15 is 0 Å². The number of fused-ring (bicyclic) bond motifs is 1. The molecule has 2 fully saturated rings. The first-order valence-electron chi connectivity index (χ1n) is 10.9. The van der Waals surface area contributed by atoms with Crippen molar-refractivity contribution >= 4 is 32.8 Å². The molecule has 21 nitrogen and oxygen atoms in total. The van der Waals surface area contributed by atoms with Gasteiger partial charge >= 0.3 is 15.6 Å². The molecule has 11 N–H and O–H groups in total. The minimum Gasteiger partial charge on any atom is -0.394 e. The van der Waals surface area contributed by atoms with E-state index in [1.54, 1.807) is 0 Å². The predicted octanol–water partition coefficient (Wildman–Crippen LogP) is -4.63. The van der Waals surface area contributed by atoms with E-state index in [2.05, 4.69) is 28.3 Å². The lowest BCUT2D eigenvalue weighted by atomic mass is 10.00. The van der Waals surface area contributed by atoms with Crippen molar-refractivity contribution in [3.63, 3.8) is 0 Å². The molecule has 23 heteroatoms. The largest absolute Gasteiger partial charge is 0.483 e. The van der Waals surface area contributed by atoms with E-state index in [4.69, 9.17) is 20.3 Å². The highest BCUT2D eigenvalue weighted by atomic mass is 31.3. The lowest BCUT2D eigenvalue weighted by Gasteiger charge is -2.39. The van der Waals surface area contributed by atoms with Crippen molar-refractivity contribution < 1.29 is 72.4 Å². The van der Waals surface area contributed by atoms with E-state index in [1.807, 2.05) is 0 Å². The molecule has 0 bridgehead atoms. The average Bonchev–Trinajstić information content (AvgIpc) is 3.38. The number of hydrogen-bond acceptors (Lipinski definition) is 17. The Morgan fingerprint density at radius 1 is 1.00 bits per heavy atom. The summed E-state index contributed by atoms with van der Waals surface area (Å²) in [5.41, 5.74) is 4.54. The molecule has 2 aromatic rings. The monoisotopic (exact) mass is 605 g/mol. The second-order valence-electron chi connectivity index (χ2n) is 8.44. The van der Waals surface area contributed by atoms with E-state index in [-0.39, 0.29) is 17.1 Å². The number of nitrogens with one attached hydrogen (secondary N) is 1. The Bertz CT molecular complexity index is 1340. The topological polar surface area (TPSA) is 332 Å². The first-order chi connectivity index (χ1) is 18.1. The third-order valence-corrected chi connectivity index (χ3v) is 8.36. The van der Waals surface area contributed by atoms with Crippen LogP contribution in [0.3, 0.4) is 0 Å². The molecule has 0 aromatic carbocycles. The van der Waals surface area contributed by atoms with Crippen LogP contribution in [0, 0.1) is 0 Å². The number of H-pyrrole nitrogens is 1. The quantitative estimate of drug-likeness (QED) is 0.120. The fourth-order valence-corrected chi connectivity index (χ4v) is 6.01. The molecule has 2 aliphatic rings. The summed E-state index contributed by atoms with van der Waals surface area (Å²) in [5.74, 6) is -0.278. The van der Waals surface area contributed by atoms with Crippen LogP contribution in [0.15, 0.2) is 11.1 Å². The summed E-state index contributed by atoms with van der Waals surface area (Å²) in [6.07, 6.45) is -15.0. The van der Waals surface area contributed by atoms with Crippen LogP contribution in [0.4, 0.5) is 5.95 Å². The van der Waals surface area contributed by atoms with Gasteiger partial charge in [0.15, 0.2) is 23.7 Å². The molecule has 220 valence electrons. The molecule has 4 rings (SSSR count). The summed E-state index contributed by atoms with van der Waals surface area (Å²) >= 11 is 0. The third-order valence-electron chi connectivity index (χ3n) is 5.76. The molecule has 2 aromatic heterocycles. The maximum absolute atomic E-state index is 12.3.